The number of nitrogens with one attached hydrogen (secondary N) is 1. The average molecular weight is 189 g/mol. The maximum Gasteiger partial charge on any atom is 0.296 e. The molecule has 0 atom stereocenters. The zero-order chi connectivity index (χ0) is 10.4. The Balaban J connectivity index is 2.48. The van der Waals surface area contributed by atoms with Crippen LogP contribution in [0.5, 0.6) is 5.75 Å². The molecule has 0 aliphatic heterocycles. The molecule has 3 heteroatoms. The van der Waals surface area contributed by atoms with Gasteiger partial charge in [0.2, 0.25) is 0 Å². The van der Waals surface area contributed by atoms with Gasteiger partial charge in [0, 0.05) is 6.54 Å². The second-order valence-corrected chi connectivity index (χ2v) is 2.72. The number of rotatable bonds is 2. The molecule has 0 aromatic heterocycles. The fourth-order valence-electron chi connectivity index (χ4n) is 0.954. The molecule has 14 heavy (non-hydrogen) atoms. The third-order valence-corrected chi connectivity index (χ3v) is 1.63. The van der Waals surface area contributed by atoms with Crippen LogP contribution >= 0.6 is 0 Å². The van der Waals surface area contributed by atoms with Crippen molar-refractivity contribution in [2.24, 2.45) is 0 Å². The molecule has 0 unspecified atom stereocenters. The maximum atomic E-state index is 10.9. The zero-order valence-corrected chi connectivity index (χ0v) is 7.87. The lowest BCUT2D eigenvalue weighted by atomic mass is 10.2. The molecular formula is C11H11NO2. The molecule has 0 heterocycles. The first-order valence-electron chi connectivity index (χ1n) is 4.21. The third-order valence-electron chi connectivity index (χ3n) is 1.63. The smallest absolute Gasteiger partial charge is 0.296 e. The summed E-state index contributed by atoms with van der Waals surface area (Å²) < 4.78 is 0. The minimum Gasteiger partial charge on any atom is -0.508 e. The predicted octanol–water partition coefficient (Wildman–Crippen LogP) is 1.03. The number of aromatic hydroxyl groups is 1. The quantitative estimate of drug-likeness (QED) is 0.683. The number of benzene rings is 1. The van der Waals surface area contributed by atoms with Gasteiger partial charge in [-0.15, -0.1) is 0 Å². The highest BCUT2D eigenvalue weighted by molar-refractivity contribution is 5.93. The van der Waals surface area contributed by atoms with Crippen molar-refractivity contribution in [2.45, 2.75) is 13.5 Å². The van der Waals surface area contributed by atoms with Gasteiger partial charge >= 0.3 is 0 Å². The van der Waals surface area contributed by atoms with Gasteiger partial charge in [-0.2, -0.15) is 0 Å². The topological polar surface area (TPSA) is 49.3 Å². The van der Waals surface area contributed by atoms with Crippen LogP contribution in [0.25, 0.3) is 0 Å². The molecule has 0 aliphatic carbocycles. The van der Waals surface area contributed by atoms with Crippen molar-refractivity contribution in [1.29, 1.82) is 0 Å². The first-order chi connectivity index (χ1) is 6.72. The molecule has 0 spiro atoms. The number of hydrogen-bond donors (Lipinski definition) is 2. The lowest BCUT2D eigenvalue weighted by molar-refractivity contribution is -0.115. The second kappa shape index (κ2) is 4.93. The van der Waals surface area contributed by atoms with Crippen LogP contribution in [-0.2, 0) is 11.3 Å². The van der Waals surface area contributed by atoms with Gasteiger partial charge in [0.1, 0.15) is 5.75 Å². The Labute approximate surface area is 82.8 Å². The minimum absolute atomic E-state index is 0.216. The van der Waals surface area contributed by atoms with Crippen molar-refractivity contribution in [3.05, 3.63) is 29.8 Å². The molecule has 1 amide bonds. The Morgan fingerprint density at radius 1 is 1.43 bits per heavy atom. The van der Waals surface area contributed by atoms with Crippen LogP contribution in [0.3, 0.4) is 0 Å². The first kappa shape index (κ1) is 10.1. The van der Waals surface area contributed by atoms with Gasteiger partial charge in [0.15, 0.2) is 0 Å². The van der Waals surface area contributed by atoms with E-state index in [-0.39, 0.29) is 11.7 Å². The number of phenols is 1. The Morgan fingerprint density at radius 2 is 2.07 bits per heavy atom. The number of carbonyl (C=O) groups excluding carboxylic acids is 1. The highest BCUT2D eigenvalue weighted by Gasteiger charge is 1.96. The monoisotopic (exact) mass is 189 g/mol. The fourth-order valence-corrected chi connectivity index (χ4v) is 0.954. The molecule has 0 bridgehead atoms. The van der Waals surface area contributed by atoms with E-state index in [4.69, 9.17) is 5.11 Å². The summed E-state index contributed by atoms with van der Waals surface area (Å²) in [6.07, 6.45) is 0. The standard InChI is InChI=1S/C11H11NO2/c1-2-3-11(14)12-8-9-4-6-10(13)7-5-9/h4-7,13H,8H2,1H3,(H,12,14). The Kier molecular flexibility index (Phi) is 3.57. The highest BCUT2D eigenvalue weighted by atomic mass is 16.3. The molecule has 0 saturated carbocycles. The van der Waals surface area contributed by atoms with Crippen molar-refractivity contribution in [2.75, 3.05) is 0 Å². The van der Waals surface area contributed by atoms with Crippen molar-refractivity contribution in [3.8, 4) is 17.6 Å². The zero-order valence-electron chi connectivity index (χ0n) is 7.87. The van der Waals surface area contributed by atoms with E-state index in [0.29, 0.717) is 6.54 Å². The van der Waals surface area contributed by atoms with E-state index in [1.807, 2.05) is 0 Å². The summed E-state index contributed by atoms with van der Waals surface area (Å²) in [5.74, 6) is 4.81. The third kappa shape index (κ3) is 3.20. The van der Waals surface area contributed by atoms with Crippen LogP contribution in [0.15, 0.2) is 24.3 Å². The van der Waals surface area contributed by atoms with Crippen LogP contribution in [0.4, 0.5) is 0 Å². The Morgan fingerprint density at radius 3 is 2.64 bits per heavy atom. The van der Waals surface area contributed by atoms with E-state index >= 15 is 0 Å². The molecule has 0 saturated heterocycles. The molecule has 3 nitrogen and oxygen atoms in total. The van der Waals surface area contributed by atoms with Crippen LogP contribution in [0, 0.1) is 11.8 Å². The van der Waals surface area contributed by atoms with Gasteiger partial charge in [0.05, 0.1) is 0 Å². The SMILES string of the molecule is CC#CC(=O)NCc1ccc(O)cc1. The molecule has 2 N–H and O–H groups in total. The van der Waals surface area contributed by atoms with Crippen molar-refractivity contribution in [1.82, 2.24) is 5.32 Å². The number of phenolic OH excluding ortho intramolecular Hbond substituents is 1. The normalized spacial score (nSPS) is 8.64. The Hall–Kier alpha value is -1.95. The largest absolute Gasteiger partial charge is 0.508 e. The van der Waals surface area contributed by atoms with Gasteiger partial charge in [-0.1, -0.05) is 18.1 Å². The molecule has 72 valence electrons. The maximum absolute atomic E-state index is 10.9. The van der Waals surface area contributed by atoms with E-state index in [1.165, 1.54) is 0 Å². The number of carbonyl (C=O) groups is 1. The van der Waals surface area contributed by atoms with Crippen LogP contribution in [0.2, 0.25) is 0 Å². The molecule has 1 aromatic carbocycles. The molecule has 1 rings (SSSR count). The molecule has 1 aromatic rings. The first-order valence-corrected chi connectivity index (χ1v) is 4.21. The second-order valence-electron chi connectivity index (χ2n) is 2.72. The van der Waals surface area contributed by atoms with Crippen LogP contribution in [-0.4, -0.2) is 11.0 Å². The summed E-state index contributed by atoms with van der Waals surface area (Å²) in [5.41, 5.74) is 0.925. The predicted molar refractivity (Wildman–Crippen MR) is 53.4 cm³/mol. The lowest BCUT2D eigenvalue weighted by Crippen LogP contribution is -2.20. The van der Waals surface area contributed by atoms with E-state index in [9.17, 15) is 4.79 Å². The molecule has 0 fully saturated rings. The van der Waals surface area contributed by atoms with Gasteiger partial charge in [0.25, 0.3) is 5.91 Å². The average Bonchev–Trinajstić information content (AvgIpc) is 2.17. The summed E-state index contributed by atoms with van der Waals surface area (Å²) in [5, 5.41) is 11.6. The van der Waals surface area contributed by atoms with E-state index in [2.05, 4.69) is 17.2 Å². The van der Waals surface area contributed by atoms with E-state index in [0.717, 1.165) is 5.56 Å². The number of amides is 1. The molecule has 0 radical (unpaired) electrons. The molecule has 0 aliphatic rings. The summed E-state index contributed by atoms with van der Waals surface area (Å²) in [4.78, 5) is 10.9. The number of hydrogen-bond acceptors (Lipinski definition) is 2. The summed E-state index contributed by atoms with van der Waals surface area (Å²) in [6, 6.07) is 6.64. The van der Waals surface area contributed by atoms with Crippen molar-refractivity contribution in [3.63, 3.8) is 0 Å². The van der Waals surface area contributed by atoms with Gasteiger partial charge in [-0.05, 0) is 30.5 Å². The van der Waals surface area contributed by atoms with Crippen LogP contribution in [0.1, 0.15) is 12.5 Å². The van der Waals surface area contributed by atoms with Gasteiger partial charge < -0.3 is 10.4 Å². The highest BCUT2D eigenvalue weighted by Crippen LogP contribution is 2.08. The van der Waals surface area contributed by atoms with E-state index < -0.39 is 0 Å². The summed E-state index contributed by atoms with van der Waals surface area (Å²) >= 11 is 0. The lowest BCUT2D eigenvalue weighted by Gasteiger charge is -2.01. The minimum atomic E-state index is -0.291. The van der Waals surface area contributed by atoms with Gasteiger partial charge in [-0.25, -0.2) is 0 Å². The Bertz CT molecular complexity index is 371. The van der Waals surface area contributed by atoms with Crippen molar-refractivity contribution >= 4 is 5.91 Å². The van der Waals surface area contributed by atoms with E-state index in [1.54, 1.807) is 31.2 Å². The van der Waals surface area contributed by atoms with Crippen molar-refractivity contribution < 1.29 is 9.90 Å². The fraction of sp³-hybridized carbons (Fsp3) is 0.182. The summed E-state index contributed by atoms with van der Waals surface area (Å²) in [7, 11) is 0. The van der Waals surface area contributed by atoms with Crippen LogP contribution < -0.4 is 5.32 Å². The summed E-state index contributed by atoms with van der Waals surface area (Å²) in [6.45, 7) is 2.04. The molecular weight excluding hydrogens is 178 g/mol. The van der Waals surface area contributed by atoms with Gasteiger partial charge in [-0.3, -0.25) is 4.79 Å².